The summed E-state index contributed by atoms with van der Waals surface area (Å²) in [5, 5.41) is 14.1. The summed E-state index contributed by atoms with van der Waals surface area (Å²) in [6, 6.07) is 12.1. The van der Waals surface area contributed by atoms with Crippen LogP contribution in [-0.2, 0) is 16.0 Å². The number of hydrogen-bond donors (Lipinski definition) is 1. The maximum absolute atomic E-state index is 14.5. The van der Waals surface area contributed by atoms with E-state index in [4.69, 9.17) is 0 Å². The molecule has 9 heteroatoms. The van der Waals surface area contributed by atoms with Gasteiger partial charge in [0.15, 0.2) is 5.41 Å². The minimum atomic E-state index is -1.60. The van der Waals surface area contributed by atoms with E-state index < -0.39 is 34.2 Å². The van der Waals surface area contributed by atoms with Crippen LogP contribution in [0.25, 0.3) is 0 Å². The standard InChI is InChI=1S/C27H28N4O5/c1-25(2)13-19-14-26(3,15-25)21-27(12-16-11-18(31(35)36)9-10-20(16)29(19)21)22(32)28-24(34)30(23(27)33)17-7-5-4-6-8-17/h4-11,19,21H,12-15H2,1-3H3,(H,28,32,34)/t19-,21+,26-,27+/m0/s1. The third-order valence-corrected chi connectivity index (χ3v) is 8.62. The zero-order valence-corrected chi connectivity index (χ0v) is 20.5. The molecule has 2 bridgehead atoms. The topological polar surface area (TPSA) is 113 Å². The Morgan fingerprint density at radius 2 is 1.75 bits per heavy atom. The minimum Gasteiger partial charge on any atom is -0.363 e. The number of nitrogens with one attached hydrogen (secondary N) is 1. The van der Waals surface area contributed by atoms with E-state index >= 15 is 0 Å². The van der Waals surface area contributed by atoms with E-state index in [1.807, 2.05) is 0 Å². The SMILES string of the molecule is CC1(C)C[C@H]2C[C@@](C)(C1)[C@H]1N2c2ccc([N+](=O)[O-])cc2C[C@]12C(=O)NC(=O)N(c1ccccc1)C2=O. The lowest BCUT2D eigenvalue weighted by Gasteiger charge is -2.53. The number of carbonyl (C=O) groups excluding carboxylic acids is 3. The van der Waals surface area contributed by atoms with Crippen molar-refractivity contribution in [3.05, 3.63) is 64.2 Å². The van der Waals surface area contributed by atoms with Gasteiger partial charge < -0.3 is 4.90 Å². The molecule has 3 fully saturated rings. The van der Waals surface area contributed by atoms with E-state index in [2.05, 4.69) is 31.0 Å². The summed E-state index contributed by atoms with van der Waals surface area (Å²) in [5.74, 6) is -1.19. The average Bonchev–Trinajstić information content (AvgIpc) is 3.03. The van der Waals surface area contributed by atoms with Crippen LogP contribution in [0.5, 0.6) is 0 Å². The van der Waals surface area contributed by atoms with E-state index in [1.54, 1.807) is 36.4 Å². The first-order valence-electron chi connectivity index (χ1n) is 12.3. The number of nitrogens with zero attached hydrogens (tertiary/aromatic N) is 3. The lowest BCUT2D eigenvalue weighted by molar-refractivity contribution is -0.384. The first-order valence-corrected chi connectivity index (χ1v) is 12.3. The Morgan fingerprint density at radius 1 is 1.03 bits per heavy atom. The highest BCUT2D eigenvalue weighted by Crippen LogP contribution is 2.64. The minimum absolute atomic E-state index is 0.00476. The van der Waals surface area contributed by atoms with Gasteiger partial charge in [0.05, 0.1) is 16.7 Å². The molecule has 9 nitrogen and oxygen atoms in total. The van der Waals surface area contributed by atoms with Gasteiger partial charge in [-0.1, -0.05) is 39.0 Å². The molecular formula is C27H28N4O5. The molecule has 1 saturated carbocycles. The number of imide groups is 2. The Kier molecular flexibility index (Phi) is 4.51. The number of rotatable bonds is 2. The van der Waals surface area contributed by atoms with Crippen molar-refractivity contribution in [2.45, 2.75) is 58.5 Å². The highest BCUT2D eigenvalue weighted by Gasteiger charge is 2.71. The number of nitro benzene ring substituents is 1. The van der Waals surface area contributed by atoms with Crippen molar-refractivity contribution in [1.82, 2.24) is 5.32 Å². The fourth-order valence-corrected chi connectivity index (χ4v) is 7.94. The van der Waals surface area contributed by atoms with E-state index in [0.29, 0.717) is 11.3 Å². The second-order valence-electron chi connectivity index (χ2n) is 11.8. The third kappa shape index (κ3) is 2.91. The fourth-order valence-electron chi connectivity index (χ4n) is 7.94. The largest absolute Gasteiger partial charge is 0.363 e. The summed E-state index contributed by atoms with van der Waals surface area (Å²) < 4.78 is 0. The molecule has 0 aromatic heterocycles. The van der Waals surface area contributed by atoms with Crippen molar-refractivity contribution in [3.63, 3.8) is 0 Å². The first-order chi connectivity index (χ1) is 17.0. The van der Waals surface area contributed by atoms with Gasteiger partial charge in [0.25, 0.3) is 11.6 Å². The van der Waals surface area contributed by atoms with Crippen LogP contribution in [0.15, 0.2) is 48.5 Å². The molecule has 0 radical (unpaired) electrons. The zero-order valence-electron chi connectivity index (χ0n) is 20.5. The van der Waals surface area contributed by atoms with Crippen molar-refractivity contribution in [3.8, 4) is 0 Å². The van der Waals surface area contributed by atoms with Crippen LogP contribution in [0.4, 0.5) is 21.9 Å². The number of carbonyl (C=O) groups is 3. The Morgan fingerprint density at radius 3 is 2.44 bits per heavy atom. The fraction of sp³-hybridized carbons (Fsp3) is 0.444. The Hall–Kier alpha value is -3.75. The average molecular weight is 489 g/mol. The van der Waals surface area contributed by atoms with Gasteiger partial charge in [0.2, 0.25) is 5.91 Å². The number of anilines is 2. The Balaban J connectivity index is 1.60. The van der Waals surface area contributed by atoms with Crippen molar-refractivity contribution in [1.29, 1.82) is 0 Å². The van der Waals surface area contributed by atoms with Crippen LogP contribution in [0, 0.1) is 26.4 Å². The van der Waals surface area contributed by atoms with Gasteiger partial charge in [-0.3, -0.25) is 25.0 Å². The molecule has 0 unspecified atom stereocenters. The predicted octanol–water partition coefficient (Wildman–Crippen LogP) is 4.19. The van der Waals surface area contributed by atoms with E-state index in [9.17, 15) is 24.5 Å². The zero-order chi connectivity index (χ0) is 25.6. The molecule has 2 saturated heterocycles. The number of amides is 4. The number of barbiturate groups is 1. The molecule has 3 heterocycles. The highest BCUT2D eigenvalue weighted by atomic mass is 16.6. The van der Waals surface area contributed by atoms with Gasteiger partial charge in [0, 0.05) is 30.3 Å². The van der Waals surface area contributed by atoms with Gasteiger partial charge >= 0.3 is 6.03 Å². The summed E-state index contributed by atoms with van der Waals surface area (Å²) >= 11 is 0. The monoisotopic (exact) mass is 488 g/mol. The molecule has 1 N–H and O–H groups in total. The molecular weight excluding hydrogens is 460 g/mol. The number of benzene rings is 2. The van der Waals surface area contributed by atoms with Gasteiger partial charge in [-0.05, 0) is 53.9 Å². The van der Waals surface area contributed by atoms with Crippen molar-refractivity contribution in [2.24, 2.45) is 16.2 Å². The molecule has 1 spiro atoms. The van der Waals surface area contributed by atoms with E-state index in [-0.39, 0.29) is 29.0 Å². The quantitative estimate of drug-likeness (QED) is 0.385. The maximum Gasteiger partial charge on any atom is 0.335 e. The lowest BCUT2D eigenvalue weighted by atomic mass is 9.56. The molecule has 186 valence electrons. The number of para-hydroxylation sites is 1. The second kappa shape index (κ2) is 7.15. The Bertz CT molecular complexity index is 1340. The lowest BCUT2D eigenvalue weighted by Crippen LogP contribution is -2.73. The van der Waals surface area contributed by atoms with Gasteiger partial charge in [0.1, 0.15) is 0 Å². The molecule has 4 amide bonds. The van der Waals surface area contributed by atoms with Crippen molar-refractivity contribution >= 4 is 34.9 Å². The summed E-state index contributed by atoms with van der Waals surface area (Å²) in [4.78, 5) is 55.8. The normalized spacial score (nSPS) is 32.2. The van der Waals surface area contributed by atoms with Crippen molar-refractivity contribution in [2.75, 3.05) is 9.80 Å². The van der Waals surface area contributed by atoms with E-state index in [0.717, 1.165) is 29.8 Å². The molecule has 4 aliphatic rings. The second-order valence-corrected chi connectivity index (χ2v) is 11.8. The molecule has 3 aliphatic heterocycles. The third-order valence-electron chi connectivity index (χ3n) is 8.62. The number of fused-ring (bicyclic) bond motifs is 8. The van der Waals surface area contributed by atoms with Crippen LogP contribution in [-0.4, -0.2) is 34.9 Å². The molecule has 6 rings (SSSR count). The smallest absolute Gasteiger partial charge is 0.335 e. The molecule has 1 aliphatic carbocycles. The van der Waals surface area contributed by atoms with Crippen LogP contribution in [0.3, 0.4) is 0 Å². The summed E-state index contributed by atoms with van der Waals surface area (Å²) in [7, 11) is 0. The van der Waals surface area contributed by atoms with Crippen molar-refractivity contribution < 1.29 is 19.3 Å². The summed E-state index contributed by atoms with van der Waals surface area (Å²) in [6.45, 7) is 6.57. The predicted molar refractivity (Wildman–Crippen MR) is 132 cm³/mol. The number of hydrogen-bond acceptors (Lipinski definition) is 6. The maximum atomic E-state index is 14.5. The van der Waals surface area contributed by atoms with Gasteiger partial charge in [-0.25, -0.2) is 9.69 Å². The highest BCUT2D eigenvalue weighted by molar-refractivity contribution is 6.30. The van der Waals surface area contributed by atoms with Crippen LogP contribution in [0.1, 0.15) is 45.6 Å². The van der Waals surface area contributed by atoms with Gasteiger partial charge in [-0.15, -0.1) is 0 Å². The number of non-ortho nitro benzene ring substituents is 1. The number of urea groups is 1. The molecule has 2 aromatic carbocycles. The molecule has 2 aromatic rings. The van der Waals surface area contributed by atoms with E-state index in [1.165, 1.54) is 12.1 Å². The van der Waals surface area contributed by atoms with Crippen LogP contribution < -0.4 is 15.1 Å². The number of nitro groups is 1. The summed E-state index contributed by atoms with van der Waals surface area (Å²) in [6.07, 6.45) is 2.50. The Labute approximate surface area is 208 Å². The van der Waals surface area contributed by atoms with Crippen LogP contribution in [0.2, 0.25) is 0 Å². The first kappa shape index (κ1) is 22.7. The summed E-state index contributed by atoms with van der Waals surface area (Å²) in [5.41, 5.74) is -0.269. The van der Waals surface area contributed by atoms with Gasteiger partial charge in [-0.2, -0.15) is 0 Å². The van der Waals surface area contributed by atoms with Crippen LogP contribution >= 0.6 is 0 Å². The molecule has 36 heavy (non-hydrogen) atoms. The molecule has 4 atom stereocenters.